The molecule has 4 aromatic rings. The number of nitrogen functional groups attached to an aromatic ring is 2. The SMILES string of the molecule is Nc1nc(-c2ccco2)c(C2(C(=O)C3(c4sc(N)nc4-c4ccco4)CC3)CC2)s1. The quantitative estimate of drug-likeness (QED) is 0.450. The van der Waals surface area contributed by atoms with Crippen LogP contribution in [0.2, 0.25) is 0 Å². The van der Waals surface area contributed by atoms with Crippen molar-refractivity contribution in [3.8, 4) is 22.9 Å². The summed E-state index contributed by atoms with van der Waals surface area (Å²) in [6, 6.07) is 7.33. The van der Waals surface area contributed by atoms with E-state index in [1.165, 1.54) is 22.7 Å². The largest absolute Gasteiger partial charge is 0.463 e. The van der Waals surface area contributed by atoms with E-state index in [4.69, 9.17) is 20.3 Å². The van der Waals surface area contributed by atoms with Gasteiger partial charge in [-0.1, -0.05) is 0 Å². The topological polar surface area (TPSA) is 121 Å². The fourth-order valence-electron chi connectivity index (χ4n) is 4.31. The Bertz CT molecular complexity index is 1150. The van der Waals surface area contributed by atoms with Crippen molar-refractivity contribution >= 4 is 38.7 Å². The zero-order valence-electron chi connectivity index (χ0n) is 15.9. The van der Waals surface area contributed by atoms with Gasteiger partial charge in [0.05, 0.1) is 33.1 Å². The number of aromatic nitrogens is 2. The average molecular weight is 439 g/mol. The van der Waals surface area contributed by atoms with Gasteiger partial charge in [0.1, 0.15) is 11.4 Å². The summed E-state index contributed by atoms with van der Waals surface area (Å²) in [6.07, 6.45) is 6.35. The fraction of sp³-hybridized carbons (Fsp3) is 0.286. The Kier molecular flexibility index (Phi) is 3.61. The number of ketones is 1. The van der Waals surface area contributed by atoms with Crippen molar-refractivity contribution in [3.63, 3.8) is 0 Å². The number of thiazole rings is 2. The second-order valence-electron chi connectivity index (χ2n) is 7.91. The van der Waals surface area contributed by atoms with Gasteiger partial charge in [-0.2, -0.15) is 0 Å². The third kappa shape index (κ3) is 2.45. The highest BCUT2D eigenvalue weighted by molar-refractivity contribution is 7.16. The van der Waals surface area contributed by atoms with Crippen LogP contribution in [0.3, 0.4) is 0 Å². The molecule has 4 N–H and O–H groups in total. The normalized spacial score (nSPS) is 18.4. The van der Waals surface area contributed by atoms with E-state index in [1.807, 2.05) is 24.3 Å². The van der Waals surface area contributed by atoms with Crippen molar-refractivity contribution in [2.75, 3.05) is 11.5 Å². The van der Waals surface area contributed by atoms with Crippen LogP contribution in [0.15, 0.2) is 45.6 Å². The van der Waals surface area contributed by atoms with Crippen LogP contribution in [0.1, 0.15) is 35.4 Å². The number of anilines is 2. The molecule has 9 heteroatoms. The minimum absolute atomic E-state index is 0.211. The van der Waals surface area contributed by atoms with Gasteiger partial charge in [0, 0.05) is 0 Å². The van der Waals surface area contributed by atoms with Gasteiger partial charge < -0.3 is 20.3 Å². The van der Waals surface area contributed by atoms with Crippen molar-refractivity contribution in [2.45, 2.75) is 36.5 Å². The van der Waals surface area contributed by atoms with Crippen LogP contribution in [0.5, 0.6) is 0 Å². The standard InChI is InChI=1S/C21H18N4O3S2/c22-18-24-13(11-3-1-9-27-11)15(29-18)20(5-6-20)17(26)21(7-8-21)16-14(25-19(23)30-16)12-4-2-10-28-12/h1-4,9-10H,5-8H2,(H2,22,24)(H2,23,25). The highest BCUT2D eigenvalue weighted by Gasteiger charge is 2.66. The van der Waals surface area contributed by atoms with Gasteiger partial charge in [-0.15, -0.1) is 22.7 Å². The minimum Gasteiger partial charge on any atom is -0.463 e. The number of rotatable bonds is 6. The molecule has 0 bridgehead atoms. The first-order chi connectivity index (χ1) is 14.5. The smallest absolute Gasteiger partial charge is 0.180 e. The molecule has 0 aromatic carbocycles. The molecular formula is C21H18N4O3S2. The summed E-state index contributed by atoms with van der Waals surface area (Å²) >= 11 is 2.77. The second-order valence-corrected chi connectivity index (χ2v) is 9.97. The molecule has 4 heterocycles. The third-order valence-corrected chi connectivity index (χ3v) is 8.21. The molecule has 152 valence electrons. The minimum atomic E-state index is -0.576. The molecule has 2 aliphatic rings. The number of hydrogen-bond donors (Lipinski definition) is 2. The lowest BCUT2D eigenvalue weighted by Gasteiger charge is -2.21. The van der Waals surface area contributed by atoms with Crippen molar-refractivity contribution in [1.82, 2.24) is 9.97 Å². The zero-order valence-corrected chi connectivity index (χ0v) is 17.5. The van der Waals surface area contributed by atoms with Crippen molar-refractivity contribution in [2.24, 2.45) is 0 Å². The molecule has 6 rings (SSSR count). The van der Waals surface area contributed by atoms with E-state index in [0.29, 0.717) is 33.2 Å². The summed E-state index contributed by atoms with van der Waals surface area (Å²) < 4.78 is 11.1. The van der Waals surface area contributed by atoms with Crippen LogP contribution >= 0.6 is 22.7 Å². The second kappa shape index (κ2) is 6.05. The number of furan rings is 2. The van der Waals surface area contributed by atoms with Gasteiger partial charge in [0.15, 0.2) is 27.6 Å². The van der Waals surface area contributed by atoms with E-state index in [9.17, 15) is 4.79 Å². The molecule has 0 radical (unpaired) electrons. The summed E-state index contributed by atoms with van der Waals surface area (Å²) in [5, 5.41) is 0.886. The average Bonchev–Trinajstić information content (AvgIpc) is 3.36. The molecule has 2 aliphatic carbocycles. The predicted molar refractivity (Wildman–Crippen MR) is 115 cm³/mol. The number of nitrogens with zero attached hydrogens (tertiary/aromatic N) is 2. The summed E-state index contributed by atoms with van der Waals surface area (Å²) in [5.74, 6) is 1.49. The van der Waals surface area contributed by atoms with Crippen LogP contribution in [0, 0.1) is 0 Å². The van der Waals surface area contributed by atoms with E-state index < -0.39 is 10.8 Å². The van der Waals surface area contributed by atoms with Crippen LogP contribution < -0.4 is 11.5 Å². The summed E-state index contributed by atoms with van der Waals surface area (Å²) in [5.41, 5.74) is 12.3. The maximum absolute atomic E-state index is 14.1. The van der Waals surface area contributed by atoms with Crippen LogP contribution in [0.4, 0.5) is 10.3 Å². The molecule has 7 nitrogen and oxygen atoms in total. The first kappa shape index (κ1) is 17.9. The van der Waals surface area contributed by atoms with Crippen molar-refractivity contribution in [1.29, 1.82) is 0 Å². The Morgan fingerprint density at radius 3 is 1.60 bits per heavy atom. The number of hydrogen-bond acceptors (Lipinski definition) is 9. The first-order valence-corrected chi connectivity index (χ1v) is 11.3. The highest BCUT2D eigenvalue weighted by Crippen LogP contribution is 2.64. The van der Waals surface area contributed by atoms with Crippen molar-refractivity contribution in [3.05, 3.63) is 46.5 Å². The van der Waals surface area contributed by atoms with Gasteiger partial charge in [0.25, 0.3) is 0 Å². The lowest BCUT2D eigenvalue weighted by atomic mass is 9.83. The Hall–Kier alpha value is -2.91. The highest BCUT2D eigenvalue weighted by atomic mass is 32.1. The summed E-state index contributed by atoms with van der Waals surface area (Å²) in [7, 11) is 0. The molecular weight excluding hydrogens is 420 g/mol. The maximum Gasteiger partial charge on any atom is 0.180 e. The predicted octanol–water partition coefficient (Wildman–Crippen LogP) is 4.62. The fourth-order valence-corrected chi connectivity index (χ4v) is 6.47. The summed E-state index contributed by atoms with van der Waals surface area (Å²) in [6.45, 7) is 0. The molecule has 0 saturated heterocycles. The molecule has 0 amide bonds. The number of carbonyl (C=O) groups excluding carboxylic acids is 1. The maximum atomic E-state index is 14.1. The third-order valence-electron chi connectivity index (χ3n) is 6.04. The van der Waals surface area contributed by atoms with E-state index >= 15 is 0 Å². The van der Waals surface area contributed by atoms with Gasteiger partial charge in [-0.05, 0) is 49.9 Å². The van der Waals surface area contributed by atoms with E-state index in [-0.39, 0.29) is 5.78 Å². The monoisotopic (exact) mass is 438 g/mol. The van der Waals surface area contributed by atoms with E-state index in [2.05, 4.69) is 9.97 Å². The number of carbonyl (C=O) groups is 1. The molecule has 4 aromatic heterocycles. The molecule has 2 fully saturated rings. The molecule has 0 spiro atoms. The molecule has 0 unspecified atom stereocenters. The Morgan fingerprint density at radius 2 is 1.27 bits per heavy atom. The lowest BCUT2D eigenvalue weighted by Crippen LogP contribution is -2.32. The molecule has 30 heavy (non-hydrogen) atoms. The van der Waals surface area contributed by atoms with Gasteiger partial charge in [0.2, 0.25) is 0 Å². The Morgan fingerprint density at radius 1 is 0.833 bits per heavy atom. The lowest BCUT2D eigenvalue weighted by molar-refractivity contribution is -0.123. The van der Waals surface area contributed by atoms with Gasteiger partial charge >= 0.3 is 0 Å². The number of Topliss-reactive ketones (excluding diaryl/α,β-unsaturated/α-hetero) is 1. The van der Waals surface area contributed by atoms with Gasteiger partial charge in [-0.3, -0.25) is 4.79 Å². The zero-order chi connectivity index (χ0) is 20.5. The van der Waals surface area contributed by atoms with E-state index in [1.54, 1.807) is 12.5 Å². The van der Waals surface area contributed by atoms with E-state index in [0.717, 1.165) is 35.4 Å². The summed E-state index contributed by atoms with van der Waals surface area (Å²) in [4.78, 5) is 24.9. The molecule has 0 aliphatic heterocycles. The number of nitrogens with two attached hydrogens (primary N) is 2. The van der Waals surface area contributed by atoms with Crippen LogP contribution in [-0.4, -0.2) is 15.8 Å². The molecule has 2 saturated carbocycles. The Labute approximate surface area is 179 Å². The van der Waals surface area contributed by atoms with Crippen molar-refractivity contribution < 1.29 is 13.6 Å². The van der Waals surface area contributed by atoms with Crippen LogP contribution in [-0.2, 0) is 15.6 Å². The van der Waals surface area contributed by atoms with Crippen LogP contribution in [0.25, 0.3) is 22.9 Å². The van der Waals surface area contributed by atoms with Gasteiger partial charge in [-0.25, -0.2) is 9.97 Å². The first-order valence-electron chi connectivity index (χ1n) is 9.70. The molecule has 0 atom stereocenters. The Balaban J connectivity index is 1.45.